The summed E-state index contributed by atoms with van der Waals surface area (Å²) in [4.78, 5) is 10.1. The molecule has 0 atom stereocenters. The van der Waals surface area contributed by atoms with E-state index < -0.39 is 0 Å². The van der Waals surface area contributed by atoms with Gasteiger partial charge >= 0.3 is 0 Å². The number of nitrogens with one attached hydrogen (secondary N) is 1. The lowest BCUT2D eigenvalue weighted by Crippen LogP contribution is -2.12. The molecule has 0 radical (unpaired) electrons. The highest BCUT2D eigenvalue weighted by Crippen LogP contribution is 2.31. The van der Waals surface area contributed by atoms with Gasteiger partial charge in [0.05, 0.1) is 6.20 Å². The fraction of sp³-hybridized carbons (Fsp3) is 0.231. The molecule has 0 saturated heterocycles. The molecule has 0 unspecified atom stereocenters. The molecule has 0 bridgehead atoms. The van der Waals surface area contributed by atoms with Gasteiger partial charge in [0.1, 0.15) is 5.02 Å². The van der Waals surface area contributed by atoms with E-state index in [2.05, 4.69) is 39.4 Å². The van der Waals surface area contributed by atoms with Crippen molar-refractivity contribution in [1.82, 2.24) is 9.97 Å². The van der Waals surface area contributed by atoms with Gasteiger partial charge in [-0.3, -0.25) is 0 Å². The molecule has 4 nitrogen and oxygen atoms in total. The number of hydrogen-bond acceptors (Lipinski definition) is 4. The van der Waals surface area contributed by atoms with E-state index >= 15 is 0 Å². The van der Waals surface area contributed by atoms with Crippen LogP contribution in [-0.4, -0.2) is 23.6 Å². The number of nitrogens with zero attached hydrogens (tertiary/aromatic N) is 3. The molecule has 0 spiro atoms. The Morgan fingerprint density at radius 3 is 3.00 bits per heavy atom. The average Bonchev–Trinajstić information content (AvgIpc) is 2.76. The van der Waals surface area contributed by atoms with Crippen molar-refractivity contribution < 1.29 is 0 Å². The second kappa shape index (κ2) is 4.87. The molecule has 1 aromatic carbocycles. The summed E-state index contributed by atoms with van der Waals surface area (Å²) in [6.07, 6.45) is 2.57. The van der Waals surface area contributed by atoms with Crippen LogP contribution in [-0.2, 0) is 6.42 Å². The predicted octanol–water partition coefficient (Wildman–Crippen LogP) is 3.52. The van der Waals surface area contributed by atoms with Crippen LogP contribution in [0.15, 0.2) is 24.4 Å². The second-order valence-corrected chi connectivity index (χ2v) is 5.22. The lowest BCUT2D eigenvalue weighted by atomic mass is 10.1. The summed E-state index contributed by atoms with van der Waals surface area (Å²) in [7, 11) is 2.09. The Labute approximate surface area is 121 Å². The lowest BCUT2D eigenvalue weighted by molar-refractivity contribution is 0.956. The van der Waals surface area contributed by atoms with Crippen molar-refractivity contribution in [2.75, 3.05) is 23.8 Å². The molecule has 98 valence electrons. The summed E-state index contributed by atoms with van der Waals surface area (Å²) in [5, 5.41) is 3.78. The van der Waals surface area contributed by atoms with Crippen molar-refractivity contribution in [1.29, 1.82) is 0 Å². The third-order valence-corrected chi connectivity index (χ3v) is 3.65. The molecule has 1 N–H and O–H groups in total. The van der Waals surface area contributed by atoms with Gasteiger partial charge in [-0.1, -0.05) is 17.7 Å². The number of rotatable bonds is 2. The third-order valence-electron chi connectivity index (χ3n) is 3.19. The van der Waals surface area contributed by atoms with Gasteiger partial charge in [0.25, 0.3) is 0 Å². The second-order valence-electron chi connectivity index (χ2n) is 4.48. The Morgan fingerprint density at radius 1 is 1.32 bits per heavy atom. The van der Waals surface area contributed by atoms with Gasteiger partial charge in [-0.2, -0.15) is 4.98 Å². The highest BCUT2D eigenvalue weighted by atomic mass is 35.5. The lowest BCUT2D eigenvalue weighted by Gasteiger charge is -2.14. The maximum absolute atomic E-state index is 6.04. The molecule has 1 aliphatic rings. The standard InChI is InChI=1S/C13H12Cl2N4/c1-19-5-4-8-2-3-9(6-11(8)19)17-12-10(14)7-16-13(15)18-12/h2-3,6-7H,4-5H2,1H3,(H,16,17,18). The summed E-state index contributed by atoms with van der Waals surface area (Å²) in [6.45, 7) is 1.05. The maximum atomic E-state index is 6.04. The largest absolute Gasteiger partial charge is 0.374 e. The number of aromatic nitrogens is 2. The summed E-state index contributed by atoms with van der Waals surface area (Å²) < 4.78 is 0. The third kappa shape index (κ3) is 2.46. The highest BCUT2D eigenvalue weighted by molar-refractivity contribution is 6.33. The first-order valence-electron chi connectivity index (χ1n) is 5.92. The molecule has 1 aromatic heterocycles. The first kappa shape index (κ1) is 12.5. The molecule has 19 heavy (non-hydrogen) atoms. The van der Waals surface area contributed by atoms with Crippen LogP contribution < -0.4 is 10.2 Å². The topological polar surface area (TPSA) is 41.0 Å². The summed E-state index contributed by atoms with van der Waals surface area (Å²) >= 11 is 11.8. The maximum Gasteiger partial charge on any atom is 0.224 e. The average molecular weight is 295 g/mol. The van der Waals surface area contributed by atoms with Crippen molar-refractivity contribution in [2.24, 2.45) is 0 Å². The molecule has 2 heterocycles. The normalized spacial score (nSPS) is 13.5. The molecular formula is C13H12Cl2N4. The number of fused-ring (bicyclic) bond motifs is 1. The van der Waals surface area contributed by atoms with Crippen molar-refractivity contribution >= 4 is 40.4 Å². The van der Waals surface area contributed by atoms with E-state index in [-0.39, 0.29) is 5.28 Å². The van der Waals surface area contributed by atoms with Crippen LogP contribution in [0, 0.1) is 0 Å². The Morgan fingerprint density at radius 2 is 2.16 bits per heavy atom. The van der Waals surface area contributed by atoms with Crippen molar-refractivity contribution in [3.8, 4) is 0 Å². The fourth-order valence-electron chi connectivity index (χ4n) is 2.19. The molecule has 2 aromatic rings. The molecular weight excluding hydrogens is 283 g/mol. The zero-order valence-electron chi connectivity index (χ0n) is 10.3. The van der Waals surface area contributed by atoms with Gasteiger partial charge in [0.2, 0.25) is 5.28 Å². The van der Waals surface area contributed by atoms with Crippen molar-refractivity contribution in [3.05, 3.63) is 40.3 Å². The Hall–Kier alpha value is -1.52. The van der Waals surface area contributed by atoms with Crippen LogP contribution in [0.5, 0.6) is 0 Å². The van der Waals surface area contributed by atoms with Crippen LogP contribution in [0.4, 0.5) is 17.2 Å². The number of hydrogen-bond donors (Lipinski definition) is 1. The first-order valence-corrected chi connectivity index (χ1v) is 6.68. The summed E-state index contributed by atoms with van der Waals surface area (Å²) in [6, 6.07) is 6.23. The first-order chi connectivity index (χ1) is 9.13. The summed E-state index contributed by atoms with van der Waals surface area (Å²) in [5.41, 5.74) is 3.53. The van der Waals surface area contributed by atoms with Crippen LogP contribution in [0.3, 0.4) is 0 Å². The minimum atomic E-state index is 0.171. The van der Waals surface area contributed by atoms with Gasteiger partial charge in [-0.15, -0.1) is 0 Å². The summed E-state index contributed by atoms with van der Waals surface area (Å²) in [5.74, 6) is 0.516. The fourth-order valence-corrected chi connectivity index (χ4v) is 2.46. The quantitative estimate of drug-likeness (QED) is 0.861. The molecule has 6 heteroatoms. The SMILES string of the molecule is CN1CCc2ccc(Nc3nc(Cl)ncc3Cl)cc21. The molecule has 3 rings (SSSR count). The predicted molar refractivity (Wildman–Crippen MR) is 78.8 cm³/mol. The van der Waals surface area contributed by atoms with E-state index in [9.17, 15) is 0 Å². The Bertz CT molecular complexity index is 630. The molecule has 0 saturated carbocycles. The Kier molecular flexibility index (Phi) is 3.21. The minimum absolute atomic E-state index is 0.171. The van der Waals surface area contributed by atoms with Gasteiger partial charge < -0.3 is 10.2 Å². The molecule has 0 fully saturated rings. The van der Waals surface area contributed by atoms with Gasteiger partial charge in [0, 0.05) is 25.0 Å². The van der Waals surface area contributed by atoms with E-state index in [4.69, 9.17) is 23.2 Å². The minimum Gasteiger partial charge on any atom is -0.374 e. The van der Waals surface area contributed by atoms with E-state index in [1.807, 2.05) is 6.07 Å². The van der Waals surface area contributed by atoms with E-state index in [1.54, 1.807) is 0 Å². The number of anilines is 3. The van der Waals surface area contributed by atoms with Crippen LogP contribution >= 0.6 is 23.2 Å². The van der Waals surface area contributed by atoms with Crippen LogP contribution in [0.1, 0.15) is 5.56 Å². The number of halogens is 2. The van der Waals surface area contributed by atoms with Crippen LogP contribution in [0.2, 0.25) is 10.3 Å². The zero-order valence-corrected chi connectivity index (χ0v) is 11.8. The number of likely N-dealkylation sites (N-methyl/N-ethyl adjacent to an activating group) is 1. The number of benzene rings is 1. The zero-order chi connectivity index (χ0) is 13.4. The van der Waals surface area contributed by atoms with E-state index in [0.717, 1.165) is 18.7 Å². The smallest absolute Gasteiger partial charge is 0.224 e. The molecule has 0 aliphatic carbocycles. The van der Waals surface area contributed by atoms with Crippen molar-refractivity contribution in [3.63, 3.8) is 0 Å². The van der Waals surface area contributed by atoms with Gasteiger partial charge in [-0.25, -0.2) is 4.98 Å². The van der Waals surface area contributed by atoms with E-state index in [0.29, 0.717) is 10.8 Å². The molecule has 0 amide bonds. The van der Waals surface area contributed by atoms with Crippen LogP contribution in [0.25, 0.3) is 0 Å². The van der Waals surface area contributed by atoms with E-state index in [1.165, 1.54) is 17.4 Å². The Balaban J connectivity index is 1.92. The molecule has 1 aliphatic heterocycles. The van der Waals surface area contributed by atoms with Gasteiger partial charge in [0.15, 0.2) is 5.82 Å². The van der Waals surface area contributed by atoms with Crippen molar-refractivity contribution in [2.45, 2.75) is 6.42 Å². The monoisotopic (exact) mass is 294 g/mol. The highest BCUT2D eigenvalue weighted by Gasteiger charge is 2.16. The van der Waals surface area contributed by atoms with Gasteiger partial charge in [-0.05, 0) is 35.7 Å².